The summed E-state index contributed by atoms with van der Waals surface area (Å²) in [6.07, 6.45) is 0. The van der Waals surface area contributed by atoms with Crippen LogP contribution in [0.1, 0.15) is 30.9 Å². The summed E-state index contributed by atoms with van der Waals surface area (Å²) in [6, 6.07) is 12.2. The molecule has 1 nitrogen and oxygen atoms in total. The Kier molecular flexibility index (Phi) is 4.15. The largest absolute Gasteiger partial charge is 0.381 e. The van der Waals surface area contributed by atoms with Gasteiger partial charge in [-0.2, -0.15) is 0 Å². The fraction of sp³-hybridized carbons (Fsp3) is 0.250. The monoisotopic (exact) mass is 261 g/mol. The SMILES string of the molecule is CC(C)c1cccc(NCc2cccc(F)c2F)c1. The van der Waals surface area contributed by atoms with Crippen LogP contribution >= 0.6 is 0 Å². The first-order valence-corrected chi connectivity index (χ1v) is 6.34. The highest BCUT2D eigenvalue weighted by Gasteiger charge is 2.07. The second-order valence-corrected chi connectivity index (χ2v) is 4.85. The molecule has 0 amide bonds. The van der Waals surface area contributed by atoms with Gasteiger partial charge in [-0.25, -0.2) is 8.78 Å². The van der Waals surface area contributed by atoms with Crippen LogP contribution < -0.4 is 5.32 Å². The lowest BCUT2D eigenvalue weighted by atomic mass is 10.0. The van der Waals surface area contributed by atoms with Crippen molar-refractivity contribution < 1.29 is 8.78 Å². The number of rotatable bonds is 4. The molecular formula is C16H17F2N. The van der Waals surface area contributed by atoms with Crippen LogP contribution in [0.5, 0.6) is 0 Å². The van der Waals surface area contributed by atoms with E-state index in [-0.39, 0.29) is 6.54 Å². The van der Waals surface area contributed by atoms with E-state index in [1.165, 1.54) is 11.6 Å². The Morgan fingerprint density at radius 3 is 2.53 bits per heavy atom. The quantitative estimate of drug-likeness (QED) is 0.841. The van der Waals surface area contributed by atoms with Gasteiger partial charge in [0, 0.05) is 17.8 Å². The third kappa shape index (κ3) is 3.31. The van der Waals surface area contributed by atoms with Crippen LogP contribution in [0.4, 0.5) is 14.5 Å². The van der Waals surface area contributed by atoms with Gasteiger partial charge in [-0.1, -0.05) is 38.1 Å². The number of anilines is 1. The Bertz CT molecular complexity index is 564. The Balaban J connectivity index is 2.10. The van der Waals surface area contributed by atoms with E-state index in [0.29, 0.717) is 11.5 Å². The smallest absolute Gasteiger partial charge is 0.163 e. The average molecular weight is 261 g/mol. The first-order valence-electron chi connectivity index (χ1n) is 6.34. The highest BCUT2D eigenvalue weighted by atomic mass is 19.2. The third-order valence-electron chi connectivity index (χ3n) is 3.07. The van der Waals surface area contributed by atoms with Gasteiger partial charge in [0.25, 0.3) is 0 Å². The zero-order valence-electron chi connectivity index (χ0n) is 11.1. The molecule has 100 valence electrons. The van der Waals surface area contributed by atoms with Crippen LogP contribution in [-0.2, 0) is 6.54 Å². The van der Waals surface area contributed by atoms with E-state index in [9.17, 15) is 8.78 Å². The van der Waals surface area contributed by atoms with Crippen molar-refractivity contribution in [2.75, 3.05) is 5.32 Å². The number of hydrogen-bond acceptors (Lipinski definition) is 1. The molecule has 2 aromatic rings. The van der Waals surface area contributed by atoms with E-state index in [1.54, 1.807) is 6.07 Å². The van der Waals surface area contributed by atoms with Gasteiger partial charge in [0.1, 0.15) is 0 Å². The summed E-state index contributed by atoms with van der Waals surface area (Å²) < 4.78 is 26.6. The second kappa shape index (κ2) is 5.83. The van der Waals surface area contributed by atoms with Gasteiger partial charge in [0.2, 0.25) is 0 Å². The summed E-state index contributed by atoms with van der Waals surface area (Å²) in [5.74, 6) is -1.15. The third-order valence-corrected chi connectivity index (χ3v) is 3.07. The molecule has 0 heterocycles. The molecule has 0 fully saturated rings. The van der Waals surface area contributed by atoms with Crippen LogP contribution in [-0.4, -0.2) is 0 Å². The first-order chi connectivity index (χ1) is 9.08. The summed E-state index contributed by atoms with van der Waals surface area (Å²) in [7, 11) is 0. The minimum Gasteiger partial charge on any atom is -0.381 e. The van der Waals surface area contributed by atoms with Gasteiger partial charge in [0.15, 0.2) is 11.6 Å². The van der Waals surface area contributed by atoms with Crippen LogP contribution in [0.3, 0.4) is 0 Å². The van der Waals surface area contributed by atoms with E-state index in [4.69, 9.17) is 0 Å². The molecule has 0 spiro atoms. The maximum atomic E-state index is 13.5. The molecule has 0 radical (unpaired) electrons. The van der Waals surface area contributed by atoms with Gasteiger partial charge in [0.05, 0.1) is 0 Å². The molecular weight excluding hydrogens is 244 g/mol. The van der Waals surface area contributed by atoms with Gasteiger partial charge in [-0.05, 0) is 29.7 Å². The van der Waals surface area contributed by atoms with Crippen molar-refractivity contribution in [1.82, 2.24) is 0 Å². The fourth-order valence-electron chi connectivity index (χ4n) is 1.89. The number of benzene rings is 2. The molecule has 19 heavy (non-hydrogen) atoms. The molecule has 0 saturated carbocycles. The highest BCUT2D eigenvalue weighted by Crippen LogP contribution is 2.19. The Labute approximate surface area is 112 Å². The molecule has 3 heteroatoms. The standard InChI is InChI=1S/C16H17F2N/c1-11(2)12-5-3-7-14(9-12)19-10-13-6-4-8-15(17)16(13)18/h3-9,11,19H,10H2,1-2H3. The summed E-state index contributed by atoms with van der Waals surface area (Å²) in [6.45, 7) is 4.50. The summed E-state index contributed by atoms with van der Waals surface area (Å²) in [5, 5.41) is 3.12. The Morgan fingerprint density at radius 1 is 1.05 bits per heavy atom. The summed E-state index contributed by atoms with van der Waals surface area (Å²) >= 11 is 0. The zero-order valence-corrected chi connectivity index (χ0v) is 11.1. The minimum absolute atomic E-state index is 0.269. The first kappa shape index (κ1) is 13.5. The van der Waals surface area contributed by atoms with Gasteiger partial charge >= 0.3 is 0 Å². The van der Waals surface area contributed by atoms with Crippen molar-refractivity contribution in [1.29, 1.82) is 0 Å². The summed E-state index contributed by atoms with van der Waals surface area (Å²) in [4.78, 5) is 0. The maximum absolute atomic E-state index is 13.5. The Hall–Kier alpha value is -1.90. The molecule has 0 aliphatic carbocycles. The second-order valence-electron chi connectivity index (χ2n) is 4.85. The lowest BCUT2D eigenvalue weighted by molar-refractivity contribution is 0.500. The molecule has 2 aromatic carbocycles. The van der Waals surface area contributed by atoms with Crippen molar-refractivity contribution >= 4 is 5.69 Å². The van der Waals surface area contributed by atoms with Crippen LogP contribution in [0.2, 0.25) is 0 Å². The van der Waals surface area contributed by atoms with Crippen LogP contribution in [0.25, 0.3) is 0 Å². The predicted molar refractivity (Wildman–Crippen MR) is 74.2 cm³/mol. The average Bonchev–Trinajstić information content (AvgIpc) is 2.41. The van der Waals surface area contributed by atoms with Crippen LogP contribution in [0.15, 0.2) is 42.5 Å². The topological polar surface area (TPSA) is 12.0 Å². The zero-order chi connectivity index (χ0) is 13.8. The maximum Gasteiger partial charge on any atom is 0.163 e. The normalized spacial score (nSPS) is 10.8. The summed E-state index contributed by atoms with van der Waals surface area (Å²) in [5.41, 5.74) is 2.45. The molecule has 0 aliphatic rings. The number of nitrogens with one attached hydrogen (secondary N) is 1. The van der Waals surface area contributed by atoms with E-state index in [2.05, 4.69) is 25.2 Å². The van der Waals surface area contributed by atoms with E-state index < -0.39 is 11.6 Å². The number of halogens is 2. The van der Waals surface area contributed by atoms with Crippen molar-refractivity contribution in [2.24, 2.45) is 0 Å². The van der Waals surface area contributed by atoms with Gasteiger partial charge in [-0.3, -0.25) is 0 Å². The predicted octanol–water partition coefficient (Wildman–Crippen LogP) is 4.70. The van der Waals surface area contributed by atoms with E-state index in [1.807, 2.05) is 18.2 Å². The van der Waals surface area contributed by atoms with Crippen molar-refractivity contribution in [2.45, 2.75) is 26.3 Å². The molecule has 1 N–H and O–H groups in total. The van der Waals surface area contributed by atoms with E-state index in [0.717, 1.165) is 11.8 Å². The van der Waals surface area contributed by atoms with Crippen molar-refractivity contribution in [3.8, 4) is 0 Å². The minimum atomic E-state index is -0.810. The highest BCUT2D eigenvalue weighted by molar-refractivity contribution is 5.47. The lowest BCUT2D eigenvalue weighted by Gasteiger charge is -2.11. The van der Waals surface area contributed by atoms with Gasteiger partial charge in [-0.15, -0.1) is 0 Å². The van der Waals surface area contributed by atoms with Crippen molar-refractivity contribution in [3.63, 3.8) is 0 Å². The van der Waals surface area contributed by atoms with Crippen LogP contribution in [0, 0.1) is 11.6 Å². The molecule has 0 unspecified atom stereocenters. The number of hydrogen-bond donors (Lipinski definition) is 1. The molecule has 0 saturated heterocycles. The molecule has 0 atom stereocenters. The van der Waals surface area contributed by atoms with Gasteiger partial charge < -0.3 is 5.32 Å². The van der Waals surface area contributed by atoms with Crippen molar-refractivity contribution in [3.05, 3.63) is 65.2 Å². The Morgan fingerprint density at radius 2 is 1.79 bits per heavy atom. The lowest BCUT2D eigenvalue weighted by Crippen LogP contribution is -2.03. The molecule has 0 bridgehead atoms. The molecule has 2 rings (SSSR count). The molecule has 0 aliphatic heterocycles. The van der Waals surface area contributed by atoms with E-state index >= 15 is 0 Å². The fourth-order valence-corrected chi connectivity index (χ4v) is 1.89. The molecule has 0 aromatic heterocycles.